The van der Waals surface area contributed by atoms with E-state index in [-0.39, 0.29) is 24.3 Å². The maximum absolute atomic E-state index is 11.2. The molecule has 0 bridgehead atoms. The predicted octanol–water partition coefficient (Wildman–Crippen LogP) is 0.445. The third kappa shape index (κ3) is 6.94. The van der Waals surface area contributed by atoms with Crippen LogP contribution >= 0.6 is 0 Å². The van der Waals surface area contributed by atoms with E-state index in [0.29, 0.717) is 19.7 Å². The molecule has 1 saturated carbocycles. The molecule has 0 heterocycles. The summed E-state index contributed by atoms with van der Waals surface area (Å²) >= 11 is 0. The number of amides is 1. The number of hydrogen-bond donors (Lipinski definition) is 2. The summed E-state index contributed by atoms with van der Waals surface area (Å²) in [6.07, 6.45) is 3.96. The lowest BCUT2D eigenvalue weighted by Gasteiger charge is -2.06. The molecule has 1 aliphatic carbocycles. The van der Waals surface area contributed by atoms with E-state index in [1.165, 1.54) is 0 Å². The molecule has 5 heteroatoms. The van der Waals surface area contributed by atoms with Crippen LogP contribution in [-0.4, -0.2) is 38.1 Å². The Bertz CT molecular complexity index is 252. The average molecular weight is 242 g/mol. The number of nitrogens with one attached hydrogen (secondary N) is 2. The van der Waals surface area contributed by atoms with Crippen LogP contribution in [0, 0.1) is 5.92 Å². The Kier molecular flexibility index (Phi) is 6.62. The lowest BCUT2D eigenvalue weighted by Crippen LogP contribution is -2.35. The summed E-state index contributed by atoms with van der Waals surface area (Å²) in [5.74, 6) is 0.151. The van der Waals surface area contributed by atoms with Crippen LogP contribution in [0.15, 0.2) is 0 Å². The maximum Gasteiger partial charge on any atom is 0.319 e. The van der Waals surface area contributed by atoms with Crippen molar-refractivity contribution >= 4 is 11.9 Å². The summed E-state index contributed by atoms with van der Waals surface area (Å²) in [5, 5.41) is 5.75. The maximum atomic E-state index is 11.2. The lowest BCUT2D eigenvalue weighted by atomic mass is 10.4. The van der Waals surface area contributed by atoms with Gasteiger partial charge >= 0.3 is 5.97 Å². The number of carbonyl (C=O) groups is 2. The zero-order chi connectivity index (χ0) is 12.5. The van der Waals surface area contributed by atoms with Crippen LogP contribution in [0.25, 0.3) is 0 Å². The molecule has 5 nitrogen and oxygen atoms in total. The number of esters is 1. The fraction of sp³-hybridized carbons (Fsp3) is 0.833. The van der Waals surface area contributed by atoms with Crippen molar-refractivity contribution in [2.24, 2.45) is 5.92 Å². The Morgan fingerprint density at radius 1 is 1.29 bits per heavy atom. The molecule has 1 amide bonds. The van der Waals surface area contributed by atoms with Gasteiger partial charge in [0.15, 0.2) is 0 Å². The molecule has 0 spiro atoms. The average Bonchev–Trinajstić information content (AvgIpc) is 3.12. The Balaban J connectivity index is 1.85. The molecule has 98 valence electrons. The van der Waals surface area contributed by atoms with Gasteiger partial charge in [0.05, 0.1) is 13.2 Å². The third-order valence-corrected chi connectivity index (χ3v) is 2.58. The summed E-state index contributed by atoms with van der Waals surface area (Å²) in [6, 6.07) is 0. The van der Waals surface area contributed by atoms with Gasteiger partial charge < -0.3 is 15.4 Å². The minimum absolute atomic E-state index is 0.136. The van der Waals surface area contributed by atoms with Crippen molar-refractivity contribution in [3.63, 3.8) is 0 Å². The summed E-state index contributed by atoms with van der Waals surface area (Å²) in [6.45, 7) is 3.92. The molecule has 2 N–H and O–H groups in total. The number of rotatable bonds is 9. The fourth-order valence-electron chi connectivity index (χ4n) is 1.34. The smallest absolute Gasteiger partial charge is 0.319 e. The molecule has 0 aromatic heterocycles. The van der Waals surface area contributed by atoms with Gasteiger partial charge in [-0.2, -0.15) is 0 Å². The number of carbonyl (C=O) groups excluding carboxylic acids is 2. The summed E-state index contributed by atoms with van der Waals surface area (Å²) in [7, 11) is 0. The number of unbranched alkanes of at least 4 members (excludes halogenated alkanes) is 1. The normalized spacial score (nSPS) is 14.4. The van der Waals surface area contributed by atoms with Gasteiger partial charge in [-0.15, -0.1) is 0 Å². The fourth-order valence-corrected chi connectivity index (χ4v) is 1.34. The quantitative estimate of drug-likeness (QED) is 0.455. The molecule has 1 rings (SSSR count). The minimum atomic E-state index is -0.230. The second-order valence-electron chi connectivity index (χ2n) is 4.32. The van der Waals surface area contributed by atoms with Gasteiger partial charge in [0.1, 0.15) is 0 Å². The predicted molar refractivity (Wildman–Crippen MR) is 64.5 cm³/mol. The van der Waals surface area contributed by atoms with Crippen LogP contribution < -0.4 is 10.6 Å². The minimum Gasteiger partial charge on any atom is -0.465 e. The molecule has 0 saturated heterocycles. The van der Waals surface area contributed by atoms with Crippen molar-refractivity contribution in [3.8, 4) is 0 Å². The first-order chi connectivity index (χ1) is 8.24. The first kappa shape index (κ1) is 14.0. The van der Waals surface area contributed by atoms with Gasteiger partial charge in [0.2, 0.25) is 5.91 Å². The molecule has 0 aromatic carbocycles. The molecule has 1 aliphatic rings. The zero-order valence-electron chi connectivity index (χ0n) is 10.5. The van der Waals surface area contributed by atoms with E-state index in [0.717, 1.165) is 25.7 Å². The van der Waals surface area contributed by atoms with Crippen LogP contribution in [0.4, 0.5) is 0 Å². The van der Waals surface area contributed by atoms with E-state index in [4.69, 9.17) is 4.74 Å². The van der Waals surface area contributed by atoms with Crippen molar-refractivity contribution in [1.82, 2.24) is 10.6 Å². The van der Waals surface area contributed by atoms with E-state index in [1.807, 2.05) is 0 Å². The molecule has 1 fully saturated rings. The van der Waals surface area contributed by atoms with Gasteiger partial charge in [0.25, 0.3) is 0 Å². The highest BCUT2D eigenvalue weighted by atomic mass is 16.5. The van der Waals surface area contributed by atoms with E-state index < -0.39 is 0 Å². The molecule has 17 heavy (non-hydrogen) atoms. The van der Waals surface area contributed by atoms with Gasteiger partial charge in [-0.05, 0) is 19.3 Å². The van der Waals surface area contributed by atoms with Gasteiger partial charge in [0, 0.05) is 19.0 Å². The van der Waals surface area contributed by atoms with Crippen molar-refractivity contribution in [2.75, 3.05) is 26.2 Å². The monoisotopic (exact) mass is 242 g/mol. The van der Waals surface area contributed by atoms with E-state index in [9.17, 15) is 9.59 Å². The Morgan fingerprint density at radius 3 is 2.71 bits per heavy atom. The van der Waals surface area contributed by atoms with Crippen molar-refractivity contribution in [3.05, 3.63) is 0 Å². The summed E-state index contributed by atoms with van der Waals surface area (Å²) in [4.78, 5) is 22.4. The highest BCUT2D eigenvalue weighted by Crippen LogP contribution is 2.28. The molecule has 0 radical (unpaired) electrons. The van der Waals surface area contributed by atoms with Crippen LogP contribution in [-0.2, 0) is 14.3 Å². The summed E-state index contributed by atoms with van der Waals surface area (Å²) in [5.41, 5.74) is 0. The molecular weight excluding hydrogens is 220 g/mol. The molecule has 0 aliphatic heterocycles. The Labute approximate surface area is 102 Å². The SMILES string of the molecule is CCCCOC(=O)CNCCNC(=O)C1CC1. The largest absolute Gasteiger partial charge is 0.465 e. The highest BCUT2D eigenvalue weighted by molar-refractivity contribution is 5.80. The Hall–Kier alpha value is -1.10. The Morgan fingerprint density at radius 2 is 2.06 bits per heavy atom. The zero-order valence-corrected chi connectivity index (χ0v) is 10.5. The topological polar surface area (TPSA) is 67.4 Å². The van der Waals surface area contributed by atoms with E-state index in [1.54, 1.807) is 0 Å². The molecule has 0 atom stereocenters. The van der Waals surface area contributed by atoms with Crippen LogP contribution in [0.2, 0.25) is 0 Å². The van der Waals surface area contributed by atoms with Crippen molar-refractivity contribution < 1.29 is 14.3 Å². The second kappa shape index (κ2) is 8.06. The summed E-state index contributed by atoms with van der Waals surface area (Å²) < 4.78 is 4.97. The lowest BCUT2D eigenvalue weighted by molar-refractivity contribution is -0.142. The van der Waals surface area contributed by atoms with Crippen LogP contribution in [0.1, 0.15) is 32.6 Å². The van der Waals surface area contributed by atoms with Crippen LogP contribution in [0.3, 0.4) is 0 Å². The number of hydrogen-bond acceptors (Lipinski definition) is 4. The van der Waals surface area contributed by atoms with Crippen molar-refractivity contribution in [2.45, 2.75) is 32.6 Å². The number of ether oxygens (including phenoxy) is 1. The molecular formula is C12H22N2O3. The highest BCUT2D eigenvalue weighted by Gasteiger charge is 2.28. The standard InChI is InChI=1S/C12H22N2O3/c1-2-3-8-17-11(15)9-13-6-7-14-12(16)10-4-5-10/h10,13H,2-9H2,1H3,(H,14,16). The first-order valence-corrected chi connectivity index (χ1v) is 6.38. The van der Waals surface area contributed by atoms with E-state index >= 15 is 0 Å². The van der Waals surface area contributed by atoms with Crippen LogP contribution in [0.5, 0.6) is 0 Å². The molecule has 0 unspecified atom stereocenters. The third-order valence-electron chi connectivity index (χ3n) is 2.58. The van der Waals surface area contributed by atoms with Gasteiger partial charge in [-0.3, -0.25) is 9.59 Å². The van der Waals surface area contributed by atoms with E-state index in [2.05, 4.69) is 17.6 Å². The van der Waals surface area contributed by atoms with Crippen molar-refractivity contribution in [1.29, 1.82) is 0 Å². The first-order valence-electron chi connectivity index (χ1n) is 6.38. The van der Waals surface area contributed by atoms with Gasteiger partial charge in [-0.1, -0.05) is 13.3 Å². The molecule has 0 aromatic rings. The van der Waals surface area contributed by atoms with Gasteiger partial charge in [-0.25, -0.2) is 0 Å². The second-order valence-corrected chi connectivity index (χ2v) is 4.32.